The van der Waals surface area contributed by atoms with Crippen LogP contribution in [0.2, 0.25) is 0 Å². The van der Waals surface area contributed by atoms with Crippen molar-refractivity contribution in [1.82, 2.24) is 5.43 Å². The highest BCUT2D eigenvalue weighted by atomic mass is 15.3. The fourth-order valence-electron chi connectivity index (χ4n) is 1.58. The molecule has 0 fully saturated rings. The molecule has 1 aliphatic rings. The minimum atomic E-state index is 1.01. The number of hydrogen-bond donors (Lipinski definition) is 1. The lowest BCUT2D eigenvalue weighted by Crippen LogP contribution is -2.19. The van der Waals surface area contributed by atoms with Crippen molar-refractivity contribution in [2.24, 2.45) is 5.10 Å². The first-order valence-corrected chi connectivity index (χ1v) is 4.73. The van der Waals surface area contributed by atoms with Crippen LogP contribution in [0.25, 0.3) is 0 Å². The molecule has 2 nitrogen and oxygen atoms in total. The molecule has 1 N–H and O–H groups in total. The van der Waals surface area contributed by atoms with E-state index in [0.29, 0.717) is 0 Å². The summed E-state index contributed by atoms with van der Waals surface area (Å²) < 4.78 is 0. The van der Waals surface area contributed by atoms with E-state index >= 15 is 0 Å². The minimum Gasteiger partial charge on any atom is -0.310 e. The van der Waals surface area contributed by atoms with Gasteiger partial charge in [0, 0.05) is 6.54 Å². The van der Waals surface area contributed by atoms with Gasteiger partial charge >= 0.3 is 0 Å². The van der Waals surface area contributed by atoms with Gasteiger partial charge in [-0.25, -0.2) is 0 Å². The van der Waals surface area contributed by atoms with Crippen molar-refractivity contribution in [1.29, 1.82) is 0 Å². The van der Waals surface area contributed by atoms with E-state index in [0.717, 1.165) is 13.0 Å². The highest BCUT2D eigenvalue weighted by molar-refractivity contribution is 6.00. The van der Waals surface area contributed by atoms with Gasteiger partial charge in [-0.15, -0.1) is 0 Å². The second kappa shape index (κ2) is 3.60. The van der Waals surface area contributed by atoms with Crippen LogP contribution in [0.15, 0.2) is 29.4 Å². The van der Waals surface area contributed by atoms with Crippen molar-refractivity contribution in [3.8, 4) is 0 Å². The summed E-state index contributed by atoms with van der Waals surface area (Å²) in [5.74, 6) is 0. The summed E-state index contributed by atoms with van der Waals surface area (Å²) in [7, 11) is 0. The lowest BCUT2D eigenvalue weighted by molar-refractivity contribution is 0.662. The second-order valence-corrected chi connectivity index (χ2v) is 3.44. The number of nitrogens with one attached hydrogen (secondary N) is 1. The Morgan fingerprint density at radius 2 is 2.31 bits per heavy atom. The maximum atomic E-state index is 4.31. The molecule has 0 radical (unpaired) electrons. The van der Waals surface area contributed by atoms with Crippen LogP contribution in [0.1, 0.15) is 24.0 Å². The second-order valence-electron chi connectivity index (χ2n) is 3.44. The van der Waals surface area contributed by atoms with Crippen LogP contribution in [0.4, 0.5) is 0 Å². The van der Waals surface area contributed by atoms with Gasteiger partial charge in [0.15, 0.2) is 0 Å². The van der Waals surface area contributed by atoms with Crippen molar-refractivity contribution in [3.63, 3.8) is 0 Å². The van der Waals surface area contributed by atoms with Gasteiger partial charge in [0.25, 0.3) is 0 Å². The maximum Gasteiger partial charge on any atom is 0.0675 e. The van der Waals surface area contributed by atoms with Crippen LogP contribution in [0.5, 0.6) is 0 Å². The van der Waals surface area contributed by atoms with Gasteiger partial charge in [0.2, 0.25) is 0 Å². The summed E-state index contributed by atoms with van der Waals surface area (Å²) in [5.41, 5.74) is 6.78. The first-order valence-electron chi connectivity index (χ1n) is 4.73. The molecule has 0 aromatic heterocycles. The highest BCUT2D eigenvalue weighted by Gasteiger charge is 2.06. The Labute approximate surface area is 78.7 Å². The summed E-state index contributed by atoms with van der Waals surface area (Å²) in [6.07, 6.45) is 2.28. The van der Waals surface area contributed by atoms with Crippen LogP contribution in [-0.2, 0) is 0 Å². The number of rotatable bonds is 1. The number of nitrogens with zero attached hydrogens (tertiary/aromatic N) is 1. The van der Waals surface area contributed by atoms with Gasteiger partial charge in [-0.05, 0) is 25.3 Å². The number of benzene rings is 1. The van der Waals surface area contributed by atoms with Crippen molar-refractivity contribution in [3.05, 3.63) is 35.4 Å². The molecule has 2 heteroatoms. The average molecular weight is 174 g/mol. The molecule has 0 amide bonds. The van der Waals surface area contributed by atoms with Crippen LogP contribution >= 0.6 is 0 Å². The molecule has 0 atom stereocenters. The van der Waals surface area contributed by atoms with Crippen LogP contribution in [0.3, 0.4) is 0 Å². The van der Waals surface area contributed by atoms with Crippen LogP contribution in [-0.4, -0.2) is 12.3 Å². The molecule has 0 unspecified atom stereocenters. The van der Waals surface area contributed by atoms with E-state index in [1.54, 1.807) is 0 Å². The van der Waals surface area contributed by atoms with Gasteiger partial charge < -0.3 is 5.43 Å². The molecular weight excluding hydrogens is 160 g/mol. The standard InChI is InChI=1S/C11H14N2/c1-9-4-2-5-10(8-9)11-6-3-7-12-13-11/h2,4-5,8,12H,3,6-7H2,1H3. The number of aryl methyl sites for hydroxylation is 1. The lowest BCUT2D eigenvalue weighted by Gasteiger charge is -2.13. The lowest BCUT2D eigenvalue weighted by atomic mass is 10.0. The Hall–Kier alpha value is -1.31. The van der Waals surface area contributed by atoms with E-state index < -0.39 is 0 Å². The van der Waals surface area contributed by atoms with E-state index in [4.69, 9.17) is 0 Å². The largest absolute Gasteiger partial charge is 0.310 e. The summed E-state index contributed by atoms with van der Waals surface area (Å²) in [6, 6.07) is 8.51. The van der Waals surface area contributed by atoms with E-state index in [2.05, 4.69) is 41.7 Å². The molecule has 1 aromatic rings. The molecule has 0 bridgehead atoms. The van der Waals surface area contributed by atoms with E-state index in [-0.39, 0.29) is 0 Å². The fourth-order valence-corrected chi connectivity index (χ4v) is 1.58. The smallest absolute Gasteiger partial charge is 0.0675 e. The SMILES string of the molecule is Cc1cccc(C2=NNCCC2)c1. The maximum absolute atomic E-state index is 4.31. The Balaban J connectivity index is 2.29. The minimum absolute atomic E-state index is 1.01. The zero-order valence-corrected chi connectivity index (χ0v) is 7.88. The predicted molar refractivity (Wildman–Crippen MR) is 55.0 cm³/mol. The predicted octanol–water partition coefficient (Wildman–Crippen LogP) is 2.08. The first kappa shape index (κ1) is 8.30. The zero-order chi connectivity index (χ0) is 9.10. The highest BCUT2D eigenvalue weighted by Crippen LogP contribution is 2.10. The molecule has 0 saturated heterocycles. The molecule has 1 aliphatic heterocycles. The molecule has 68 valence electrons. The zero-order valence-electron chi connectivity index (χ0n) is 7.88. The quantitative estimate of drug-likeness (QED) is 0.692. The van der Waals surface area contributed by atoms with Crippen LogP contribution in [0, 0.1) is 6.92 Å². The molecule has 2 rings (SSSR count). The van der Waals surface area contributed by atoms with Gasteiger partial charge in [0.05, 0.1) is 5.71 Å². The topological polar surface area (TPSA) is 24.4 Å². The summed E-state index contributed by atoms with van der Waals surface area (Å²) in [4.78, 5) is 0. The van der Waals surface area contributed by atoms with E-state index in [1.165, 1.54) is 23.3 Å². The Bertz CT molecular complexity index is 329. The van der Waals surface area contributed by atoms with Crippen molar-refractivity contribution >= 4 is 5.71 Å². The van der Waals surface area contributed by atoms with Gasteiger partial charge in [-0.3, -0.25) is 0 Å². The Kier molecular flexibility index (Phi) is 2.30. The summed E-state index contributed by atoms with van der Waals surface area (Å²) >= 11 is 0. The van der Waals surface area contributed by atoms with E-state index in [1.807, 2.05) is 0 Å². The molecule has 1 aromatic carbocycles. The molecule has 0 aliphatic carbocycles. The normalized spacial score (nSPS) is 16.2. The Morgan fingerprint density at radius 1 is 1.38 bits per heavy atom. The van der Waals surface area contributed by atoms with E-state index in [9.17, 15) is 0 Å². The fraction of sp³-hybridized carbons (Fsp3) is 0.364. The third-order valence-corrected chi connectivity index (χ3v) is 2.27. The summed E-state index contributed by atoms with van der Waals surface area (Å²) in [5, 5.41) is 4.31. The molecule has 0 saturated carbocycles. The van der Waals surface area contributed by atoms with Crippen molar-refractivity contribution in [2.75, 3.05) is 6.54 Å². The third-order valence-electron chi connectivity index (χ3n) is 2.27. The van der Waals surface area contributed by atoms with Gasteiger partial charge in [0.1, 0.15) is 0 Å². The van der Waals surface area contributed by atoms with Crippen LogP contribution < -0.4 is 5.43 Å². The van der Waals surface area contributed by atoms with Gasteiger partial charge in [-0.1, -0.05) is 29.8 Å². The molecule has 1 heterocycles. The van der Waals surface area contributed by atoms with Crippen molar-refractivity contribution < 1.29 is 0 Å². The average Bonchev–Trinajstić information content (AvgIpc) is 2.19. The molecule has 13 heavy (non-hydrogen) atoms. The monoisotopic (exact) mass is 174 g/mol. The van der Waals surface area contributed by atoms with Crippen molar-refractivity contribution in [2.45, 2.75) is 19.8 Å². The molecular formula is C11H14N2. The summed E-state index contributed by atoms with van der Waals surface area (Å²) in [6.45, 7) is 3.12. The molecule has 0 spiro atoms. The number of hydrazone groups is 1. The third kappa shape index (κ3) is 1.89. The first-order chi connectivity index (χ1) is 6.36. The Morgan fingerprint density at radius 3 is 3.00 bits per heavy atom. The van der Waals surface area contributed by atoms with Gasteiger partial charge in [-0.2, -0.15) is 5.10 Å². The number of hydrogen-bond acceptors (Lipinski definition) is 2.